The Bertz CT molecular complexity index is 1450. The van der Waals surface area contributed by atoms with Crippen LogP contribution in [0.25, 0.3) is 11.0 Å². The van der Waals surface area contributed by atoms with E-state index in [9.17, 15) is 14.0 Å². The summed E-state index contributed by atoms with van der Waals surface area (Å²) in [5.41, 5.74) is 4.11. The molecule has 2 heterocycles. The number of likely N-dealkylation sites (tertiary alicyclic amines) is 1. The highest BCUT2D eigenvalue weighted by molar-refractivity contribution is 5.75. The number of carbonyl (C=O) groups is 1. The van der Waals surface area contributed by atoms with Crippen LogP contribution < -0.4 is 5.69 Å². The Labute approximate surface area is 235 Å². The van der Waals surface area contributed by atoms with Crippen LogP contribution in [0, 0.1) is 5.82 Å². The first-order valence-electron chi connectivity index (χ1n) is 14.5. The number of benzene rings is 3. The van der Waals surface area contributed by atoms with Crippen LogP contribution in [0.15, 0.2) is 83.7 Å². The van der Waals surface area contributed by atoms with Gasteiger partial charge in [-0.05, 0) is 55.2 Å². The number of fused-ring (bicyclic) bond motifs is 1. The highest BCUT2D eigenvalue weighted by Gasteiger charge is 2.36. The SMILES string of the molecule is CCOC(=O)CC[N+]1(CCCC(c2ccccc2)c2ccc(F)cc2)CCC(n2c(=O)[nH]c3ccccc32)CC1. The van der Waals surface area contributed by atoms with Crippen LogP contribution in [0.1, 0.15) is 62.1 Å². The fourth-order valence-corrected chi connectivity index (χ4v) is 6.45. The summed E-state index contributed by atoms with van der Waals surface area (Å²) in [5, 5.41) is 0. The van der Waals surface area contributed by atoms with Gasteiger partial charge in [-0.1, -0.05) is 54.6 Å². The summed E-state index contributed by atoms with van der Waals surface area (Å²) in [5.74, 6) is -0.200. The summed E-state index contributed by atoms with van der Waals surface area (Å²) in [6.07, 6.45) is 4.05. The van der Waals surface area contributed by atoms with E-state index in [1.807, 2.05) is 54.0 Å². The molecule has 0 spiro atoms. The molecule has 1 saturated heterocycles. The van der Waals surface area contributed by atoms with Gasteiger partial charge in [-0.2, -0.15) is 0 Å². The van der Waals surface area contributed by atoms with Crippen molar-refractivity contribution in [3.05, 3.63) is 106 Å². The van der Waals surface area contributed by atoms with E-state index in [1.54, 1.807) is 0 Å². The Balaban J connectivity index is 1.31. The zero-order valence-electron chi connectivity index (χ0n) is 23.2. The predicted octanol–water partition coefficient (Wildman–Crippen LogP) is 6.19. The van der Waals surface area contributed by atoms with Gasteiger partial charge >= 0.3 is 11.7 Å². The van der Waals surface area contributed by atoms with Crippen LogP contribution in [0.3, 0.4) is 0 Å². The molecular weight excluding hydrogens is 505 g/mol. The van der Waals surface area contributed by atoms with Crippen LogP contribution in [0.4, 0.5) is 4.39 Å². The van der Waals surface area contributed by atoms with Crippen LogP contribution >= 0.6 is 0 Å². The van der Waals surface area contributed by atoms with Gasteiger partial charge in [0, 0.05) is 24.8 Å². The Morgan fingerprint density at radius 1 is 0.975 bits per heavy atom. The molecule has 1 aliphatic rings. The minimum atomic E-state index is -0.226. The highest BCUT2D eigenvalue weighted by atomic mass is 19.1. The number of rotatable bonds is 11. The minimum absolute atomic E-state index is 0.0530. The summed E-state index contributed by atoms with van der Waals surface area (Å²) in [6, 6.07) is 25.3. The van der Waals surface area contributed by atoms with Crippen molar-refractivity contribution in [2.24, 2.45) is 0 Å². The van der Waals surface area contributed by atoms with Gasteiger partial charge in [-0.25, -0.2) is 9.18 Å². The summed E-state index contributed by atoms with van der Waals surface area (Å²) in [6.45, 7) is 5.72. The third kappa shape index (κ3) is 6.36. The average Bonchev–Trinajstić information content (AvgIpc) is 3.32. The van der Waals surface area contributed by atoms with E-state index < -0.39 is 0 Å². The molecule has 0 radical (unpaired) electrons. The standard InChI is InChI=1S/C33H38FN3O3/c1-2-40-32(38)20-24-37(22-18-28(19-23-37)36-31-13-7-6-12-30(31)35-33(36)39)21-8-11-29(25-9-4-3-5-10-25)26-14-16-27(34)17-15-26/h3-7,9-10,12-17,28-29H,2,8,11,18-24H2,1H3/p+1. The second kappa shape index (κ2) is 12.6. The number of halogens is 1. The minimum Gasteiger partial charge on any atom is -0.466 e. The number of H-pyrrole nitrogens is 1. The first-order chi connectivity index (χ1) is 19.5. The van der Waals surface area contributed by atoms with Crippen molar-refractivity contribution in [2.75, 3.05) is 32.8 Å². The molecule has 1 aliphatic heterocycles. The van der Waals surface area contributed by atoms with Gasteiger partial charge in [0.1, 0.15) is 5.82 Å². The van der Waals surface area contributed by atoms with Gasteiger partial charge in [-0.15, -0.1) is 0 Å². The molecule has 6 nitrogen and oxygen atoms in total. The molecule has 1 fully saturated rings. The molecule has 3 aromatic carbocycles. The number of piperidine rings is 1. The number of para-hydroxylation sites is 2. The number of aromatic amines is 1. The number of imidazole rings is 1. The second-order valence-corrected chi connectivity index (χ2v) is 11.0. The van der Waals surface area contributed by atoms with E-state index in [1.165, 1.54) is 17.7 Å². The summed E-state index contributed by atoms with van der Waals surface area (Å²) in [7, 11) is 0. The molecule has 0 bridgehead atoms. The number of carbonyl (C=O) groups excluding carboxylic acids is 1. The Hall–Kier alpha value is -3.71. The maximum atomic E-state index is 13.7. The fourth-order valence-electron chi connectivity index (χ4n) is 6.45. The monoisotopic (exact) mass is 544 g/mol. The Morgan fingerprint density at radius 3 is 2.38 bits per heavy atom. The number of nitrogens with one attached hydrogen (secondary N) is 1. The fraction of sp³-hybridized carbons (Fsp3) is 0.394. The second-order valence-electron chi connectivity index (χ2n) is 11.0. The lowest BCUT2D eigenvalue weighted by Crippen LogP contribution is -2.55. The van der Waals surface area contributed by atoms with Crippen LogP contribution in [0.5, 0.6) is 0 Å². The first-order valence-corrected chi connectivity index (χ1v) is 14.5. The lowest BCUT2D eigenvalue weighted by Gasteiger charge is -2.44. The van der Waals surface area contributed by atoms with E-state index in [0.29, 0.717) is 13.0 Å². The maximum Gasteiger partial charge on any atom is 0.326 e. The number of nitrogens with zero attached hydrogens (tertiary/aromatic N) is 2. The van der Waals surface area contributed by atoms with Gasteiger partial charge in [0.2, 0.25) is 0 Å². The van der Waals surface area contributed by atoms with Crippen LogP contribution in [-0.2, 0) is 9.53 Å². The van der Waals surface area contributed by atoms with Crippen molar-refractivity contribution in [1.82, 2.24) is 9.55 Å². The van der Waals surface area contributed by atoms with E-state index in [0.717, 1.165) is 72.9 Å². The number of quaternary nitrogens is 1. The van der Waals surface area contributed by atoms with E-state index >= 15 is 0 Å². The van der Waals surface area contributed by atoms with Crippen LogP contribution in [-0.4, -0.2) is 52.8 Å². The van der Waals surface area contributed by atoms with E-state index in [2.05, 4.69) is 29.2 Å². The molecule has 5 rings (SSSR count). The molecule has 0 aliphatic carbocycles. The average molecular weight is 545 g/mol. The predicted molar refractivity (Wildman–Crippen MR) is 156 cm³/mol. The molecule has 4 aromatic rings. The van der Waals surface area contributed by atoms with E-state index in [-0.39, 0.29) is 29.4 Å². The van der Waals surface area contributed by atoms with Crippen molar-refractivity contribution in [3.63, 3.8) is 0 Å². The lowest BCUT2D eigenvalue weighted by molar-refractivity contribution is -0.933. The number of hydrogen-bond acceptors (Lipinski definition) is 3. The molecular formula is C33H39FN3O3+. The van der Waals surface area contributed by atoms with Crippen molar-refractivity contribution in [2.45, 2.75) is 51.0 Å². The molecule has 7 heteroatoms. The molecule has 1 unspecified atom stereocenters. The topological polar surface area (TPSA) is 64.1 Å². The van der Waals surface area contributed by atoms with Gasteiger partial charge in [0.15, 0.2) is 0 Å². The van der Waals surface area contributed by atoms with Crippen molar-refractivity contribution in [3.8, 4) is 0 Å². The maximum absolute atomic E-state index is 13.7. The number of hydrogen-bond donors (Lipinski definition) is 1. The first kappa shape index (κ1) is 27.8. The third-order valence-corrected chi connectivity index (χ3v) is 8.56. The van der Waals surface area contributed by atoms with Crippen molar-refractivity contribution in [1.29, 1.82) is 0 Å². The van der Waals surface area contributed by atoms with Gasteiger partial charge < -0.3 is 14.2 Å². The zero-order valence-corrected chi connectivity index (χ0v) is 23.2. The third-order valence-electron chi connectivity index (χ3n) is 8.56. The summed E-state index contributed by atoms with van der Waals surface area (Å²) >= 11 is 0. The van der Waals surface area contributed by atoms with Gasteiger partial charge in [0.05, 0.1) is 50.2 Å². The molecule has 210 valence electrons. The number of ether oxygens (including phenoxy) is 1. The molecule has 40 heavy (non-hydrogen) atoms. The van der Waals surface area contributed by atoms with E-state index in [4.69, 9.17) is 4.74 Å². The Morgan fingerprint density at radius 2 is 1.65 bits per heavy atom. The summed E-state index contributed by atoms with van der Waals surface area (Å²) < 4.78 is 21.7. The van der Waals surface area contributed by atoms with Crippen molar-refractivity contribution < 1.29 is 18.4 Å². The largest absolute Gasteiger partial charge is 0.466 e. The van der Waals surface area contributed by atoms with Gasteiger partial charge in [0.25, 0.3) is 0 Å². The number of esters is 1. The Kier molecular flexibility index (Phi) is 8.80. The molecule has 1 atom stereocenters. The highest BCUT2D eigenvalue weighted by Crippen LogP contribution is 2.33. The lowest BCUT2D eigenvalue weighted by atomic mass is 9.87. The molecule has 1 N–H and O–H groups in total. The van der Waals surface area contributed by atoms with Crippen LogP contribution in [0.2, 0.25) is 0 Å². The summed E-state index contributed by atoms with van der Waals surface area (Å²) in [4.78, 5) is 28.2. The van der Waals surface area contributed by atoms with Crippen molar-refractivity contribution >= 4 is 17.0 Å². The quantitative estimate of drug-likeness (QED) is 0.181. The molecule has 0 saturated carbocycles. The molecule has 1 aromatic heterocycles. The smallest absolute Gasteiger partial charge is 0.326 e. The zero-order chi connectivity index (χ0) is 28.0. The normalized spacial score (nSPS) is 19.9. The number of aromatic nitrogens is 2. The van der Waals surface area contributed by atoms with Gasteiger partial charge in [-0.3, -0.25) is 9.36 Å². The molecule has 0 amide bonds.